The van der Waals surface area contributed by atoms with Gasteiger partial charge in [-0.25, -0.2) is 0 Å². The highest BCUT2D eigenvalue weighted by Gasteiger charge is 2.15. The molecule has 0 aliphatic rings. The number of nitrogens with zero attached hydrogens (tertiary/aromatic N) is 1. The molecule has 0 aliphatic carbocycles. The normalized spacial score (nSPS) is 9.50. The number of hydrogen-bond acceptors (Lipinski definition) is 4. The monoisotopic (exact) mass is 220 g/mol. The summed E-state index contributed by atoms with van der Waals surface area (Å²) in [5.41, 5.74) is 0.755. The third kappa shape index (κ3) is 2.97. The first-order chi connectivity index (χ1) is 7.69. The fourth-order valence-electron chi connectivity index (χ4n) is 1.26. The van der Waals surface area contributed by atoms with E-state index in [0.29, 0.717) is 6.54 Å². The first-order valence-corrected chi connectivity index (χ1v) is 4.67. The van der Waals surface area contributed by atoms with Crippen LogP contribution >= 0.6 is 0 Å². The van der Waals surface area contributed by atoms with Gasteiger partial charge in [0.25, 0.3) is 0 Å². The van der Waals surface area contributed by atoms with Crippen LogP contribution < -0.4 is 10.1 Å². The third-order valence-corrected chi connectivity index (χ3v) is 1.91. The Labute approximate surface area is 93.6 Å². The minimum absolute atomic E-state index is 0.0201. The number of rotatable bonds is 5. The Morgan fingerprint density at radius 2 is 2.38 bits per heavy atom. The van der Waals surface area contributed by atoms with Crippen LogP contribution in [0.25, 0.3) is 0 Å². The molecule has 0 spiro atoms. The number of nitrogens with one attached hydrogen (secondary N) is 1. The molecule has 84 valence electrons. The molecule has 1 rings (SSSR count). The van der Waals surface area contributed by atoms with Crippen LogP contribution in [0.3, 0.4) is 0 Å². The van der Waals surface area contributed by atoms with Crippen molar-refractivity contribution in [2.45, 2.75) is 6.54 Å². The van der Waals surface area contributed by atoms with E-state index in [4.69, 9.17) is 11.2 Å². The van der Waals surface area contributed by atoms with Crippen molar-refractivity contribution in [2.75, 3.05) is 13.7 Å². The van der Waals surface area contributed by atoms with Crippen molar-refractivity contribution >= 4 is 5.69 Å². The van der Waals surface area contributed by atoms with Crippen molar-refractivity contribution in [2.24, 2.45) is 0 Å². The van der Waals surface area contributed by atoms with Crippen molar-refractivity contribution in [3.05, 3.63) is 33.9 Å². The molecule has 0 aliphatic heterocycles. The summed E-state index contributed by atoms with van der Waals surface area (Å²) >= 11 is 0. The van der Waals surface area contributed by atoms with Crippen molar-refractivity contribution in [1.29, 1.82) is 0 Å². The lowest BCUT2D eigenvalue weighted by molar-refractivity contribution is -0.385. The van der Waals surface area contributed by atoms with Crippen molar-refractivity contribution < 1.29 is 9.66 Å². The van der Waals surface area contributed by atoms with Crippen LogP contribution in [0.2, 0.25) is 0 Å². The summed E-state index contributed by atoms with van der Waals surface area (Å²) in [6, 6.07) is 4.79. The van der Waals surface area contributed by atoms with Crippen LogP contribution in [0.1, 0.15) is 5.56 Å². The second-order valence-electron chi connectivity index (χ2n) is 3.08. The predicted octanol–water partition coefficient (Wildman–Crippen LogP) is 1.33. The maximum absolute atomic E-state index is 10.8. The molecule has 0 fully saturated rings. The van der Waals surface area contributed by atoms with E-state index in [1.54, 1.807) is 19.2 Å². The summed E-state index contributed by atoms with van der Waals surface area (Å²) < 4.78 is 5.08. The average Bonchev–Trinajstić information content (AvgIpc) is 2.27. The Morgan fingerprint density at radius 3 is 2.94 bits per heavy atom. The molecule has 0 aromatic heterocycles. The van der Waals surface area contributed by atoms with Gasteiger partial charge in [0, 0.05) is 12.6 Å². The standard InChI is InChI=1S/C11H12N2O3/c1-3-6-16-11-5-4-9(8-12-2)7-10(11)13(14)15/h1,4-5,7,12H,6,8H2,2H3. The fourth-order valence-corrected chi connectivity index (χ4v) is 1.26. The van der Waals surface area contributed by atoms with E-state index in [2.05, 4.69) is 11.2 Å². The maximum Gasteiger partial charge on any atom is 0.311 e. The van der Waals surface area contributed by atoms with Crippen LogP contribution in [-0.2, 0) is 6.54 Å². The Morgan fingerprint density at radius 1 is 1.62 bits per heavy atom. The molecule has 0 bridgehead atoms. The highest BCUT2D eigenvalue weighted by Crippen LogP contribution is 2.27. The van der Waals surface area contributed by atoms with Crippen LogP contribution in [0, 0.1) is 22.5 Å². The molecule has 0 saturated carbocycles. The predicted molar refractivity (Wildman–Crippen MR) is 60.2 cm³/mol. The van der Waals surface area contributed by atoms with E-state index in [1.165, 1.54) is 6.07 Å². The second-order valence-corrected chi connectivity index (χ2v) is 3.08. The second kappa shape index (κ2) is 5.73. The molecule has 16 heavy (non-hydrogen) atoms. The van der Waals surface area contributed by atoms with Gasteiger partial charge >= 0.3 is 5.69 Å². The quantitative estimate of drug-likeness (QED) is 0.462. The van der Waals surface area contributed by atoms with Crippen LogP contribution in [0.5, 0.6) is 5.75 Å². The van der Waals surface area contributed by atoms with Crippen LogP contribution in [0.15, 0.2) is 18.2 Å². The molecule has 0 heterocycles. The SMILES string of the molecule is C#CCOc1ccc(CNC)cc1[N+](=O)[O-]. The molecule has 1 aromatic carbocycles. The summed E-state index contributed by atoms with van der Waals surface area (Å²) in [4.78, 5) is 10.3. The average molecular weight is 220 g/mol. The van der Waals surface area contributed by atoms with E-state index in [-0.39, 0.29) is 18.0 Å². The van der Waals surface area contributed by atoms with Gasteiger partial charge in [-0.1, -0.05) is 12.0 Å². The van der Waals surface area contributed by atoms with Gasteiger partial charge in [-0.2, -0.15) is 0 Å². The molecule has 0 unspecified atom stereocenters. The highest BCUT2D eigenvalue weighted by atomic mass is 16.6. The summed E-state index contributed by atoms with van der Waals surface area (Å²) in [5, 5.41) is 13.7. The molecule has 0 saturated heterocycles. The van der Waals surface area contributed by atoms with Gasteiger partial charge in [0.15, 0.2) is 5.75 Å². The van der Waals surface area contributed by atoms with E-state index in [0.717, 1.165) is 5.56 Å². The molecule has 0 radical (unpaired) electrons. The molecular formula is C11H12N2O3. The Hall–Kier alpha value is -2.06. The Kier molecular flexibility index (Phi) is 4.30. The fraction of sp³-hybridized carbons (Fsp3) is 0.273. The largest absolute Gasteiger partial charge is 0.474 e. The van der Waals surface area contributed by atoms with Crippen LogP contribution in [-0.4, -0.2) is 18.6 Å². The van der Waals surface area contributed by atoms with Gasteiger partial charge in [0.05, 0.1) is 4.92 Å². The lowest BCUT2D eigenvalue weighted by atomic mass is 10.2. The number of terminal acetylenes is 1. The van der Waals surface area contributed by atoms with Crippen LogP contribution in [0.4, 0.5) is 5.69 Å². The zero-order valence-electron chi connectivity index (χ0n) is 8.90. The number of benzene rings is 1. The lowest BCUT2D eigenvalue weighted by Gasteiger charge is -2.05. The maximum atomic E-state index is 10.8. The van der Waals surface area contributed by atoms with E-state index in [1.807, 2.05) is 0 Å². The van der Waals surface area contributed by atoms with Gasteiger partial charge in [-0.15, -0.1) is 6.42 Å². The minimum Gasteiger partial charge on any atom is -0.474 e. The Balaban J connectivity index is 3.00. The summed E-state index contributed by atoms with van der Waals surface area (Å²) in [6.45, 7) is 0.586. The highest BCUT2D eigenvalue weighted by molar-refractivity contribution is 5.48. The van der Waals surface area contributed by atoms with E-state index >= 15 is 0 Å². The zero-order chi connectivity index (χ0) is 12.0. The number of hydrogen-bond donors (Lipinski definition) is 1. The van der Waals surface area contributed by atoms with Gasteiger partial charge < -0.3 is 10.1 Å². The molecule has 0 amide bonds. The summed E-state index contributed by atoms with van der Waals surface area (Å²) in [6.07, 6.45) is 5.03. The van der Waals surface area contributed by atoms with Crippen molar-refractivity contribution in [3.8, 4) is 18.1 Å². The topological polar surface area (TPSA) is 64.4 Å². The molecule has 5 nitrogen and oxygen atoms in total. The van der Waals surface area contributed by atoms with Gasteiger partial charge in [-0.3, -0.25) is 10.1 Å². The number of nitro groups is 1. The lowest BCUT2D eigenvalue weighted by Crippen LogP contribution is -2.06. The van der Waals surface area contributed by atoms with Gasteiger partial charge in [-0.05, 0) is 18.7 Å². The number of nitro benzene ring substituents is 1. The molecular weight excluding hydrogens is 208 g/mol. The first kappa shape index (κ1) is 12.0. The minimum atomic E-state index is -0.481. The molecule has 5 heteroatoms. The number of ether oxygens (including phenoxy) is 1. The van der Waals surface area contributed by atoms with E-state index in [9.17, 15) is 10.1 Å². The van der Waals surface area contributed by atoms with Crippen molar-refractivity contribution in [1.82, 2.24) is 5.32 Å². The molecule has 0 atom stereocenters. The van der Waals surface area contributed by atoms with Crippen molar-refractivity contribution in [3.63, 3.8) is 0 Å². The third-order valence-electron chi connectivity index (χ3n) is 1.91. The Bertz CT molecular complexity index is 424. The van der Waals surface area contributed by atoms with E-state index < -0.39 is 4.92 Å². The molecule has 1 N–H and O–H groups in total. The molecule has 1 aromatic rings. The first-order valence-electron chi connectivity index (χ1n) is 4.67. The zero-order valence-corrected chi connectivity index (χ0v) is 8.90. The smallest absolute Gasteiger partial charge is 0.311 e. The van der Waals surface area contributed by atoms with Gasteiger partial charge in [0.2, 0.25) is 0 Å². The summed E-state index contributed by atoms with van der Waals surface area (Å²) in [5.74, 6) is 2.46. The summed E-state index contributed by atoms with van der Waals surface area (Å²) in [7, 11) is 1.77. The van der Waals surface area contributed by atoms with Gasteiger partial charge in [0.1, 0.15) is 6.61 Å².